The van der Waals surface area contributed by atoms with Crippen molar-refractivity contribution in [2.45, 2.75) is 0 Å². The van der Waals surface area contributed by atoms with E-state index in [1.54, 1.807) is 37.5 Å². The summed E-state index contributed by atoms with van der Waals surface area (Å²) in [6.07, 6.45) is 1.68. The van der Waals surface area contributed by atoms with Gasteiger partial charge in [-0.25, -0.2) is 0 Å². The molecule has 0 fully saturated rings. The molecule has 0 unspecified atom stereocenters. The van der Waals surface area contributed by atoms with E-state index < -0.39 is 0 Å². The van der Waals surface area contributed by atoms with Gasteiger partial charge in [-0.05, 0) is 52.3 Å². The molecule has 0 saturated heterocycles. The third-order valence-corrected chi connectivity index (χ3v) is 4.59. The Morgan fingerprint density at radius 2 is 1.70 bits per heavy atom. The highest BCUT2D eigenvalue weighted by molar-refractivity contribution is 9.12. The molecule has 0 heterocycles. The van der Waals surface area contributed by atoms with E-state index >= 15 is 0 Å². The van der Waals surface area contributed by atoms with Crippen LogP contribution < -0.4 is 24.8 Å². The predicted molar refractivity (Wildman–Crippen MR) is 113 cm³/mol. The lowest BCUT2D eigenvalue weighted by atomic mass is 10.1. The van der Waals surface area contributed by atoms with Crippen LogP contribution in [0.4, 0.5) is 11.4 Å². The number of hydrogen-bond donors (Lipinski definition) is 1. The predicted octanol–water partition coefficient (Wildman–Crippen LogP) is 3.98. The fraction of sp³-hybridized carbons (Fsp3) is 0.250. The minimum atomic E-state index is -0.191. The number of ketones is 1. The van der Waals surface area contributed by atoms with Crippen molar-refractivity contribution >= 4 is 39.2 Å². The molecule has 6 nitrogen and oxygen atoms in total. The largest absolute Gasteiger partial charge is 0.493 e. The summed E-state index contributed by atoms with van der Waals surface area (Å²) >= 11 is 3.37. The van der Waals surface area contributed by atoms with Gasteiger partial charge >= 0.3 is 0 Å². The van der Waals surface area contributed by atoms with Gasteiger partial charge in [0, 0.05) is 25.2 Å². The van der Waals surface area contributed by atoms with Gasteiger partial charge in [0.25, 0.3) is 0 Å². The van der Waals surface area contributed by atoms with Crippen molar-refractivity contribution in [3.8, 4) is 17.2 Å². The summed E-state index contributed by atoms with van der Waals surface area (Å²) in [5.74, 6) is 1.29. The molecular formula is C20H23BrN2O4. The van der Waals surface area contributed by atoms with Gasteiger partial charge in [-0.15, -0.1) is 0 Å². The van der Waals surface area contributed by atoms with Crippen molar-refractivity contribution in [1.29, 1.82) is 0 Å². The van der Waals surface area contributed by atoms with Gasteiger partial charge in [-0.2, -0.15) is 0 Å². The highest BCUT2D eigenvalue weighted by Crippen LogP contribution is 2.41. The third-order valence-electron chi connectivity index (χ3n) is 4.01. The number of benzene rings is 2. The Kier molecular flexibility index (Phi) is 6.74. The minimum absolute atomic E-state index is 0.191. The Morgan fingerprint density at radius 1 is 1.04 bits per heavy atom. The molecule has 2 N–H and O–H groups in total. The highest BCUT2D eigenvalue weighted by Gasteiger charge is 2.17. The second-order valence-corrected chi connectivity index (χ2v) is 6.77. The second kappa shape index (κ2) is 8.81. The molecule has 0 amide bonds. The van der Waals surface area contributed by atoms with Crippen LogP contribution >= 0.6 is 15.9 Å². The molecule has 2 aromatic rings. The van der Waals surface area contributed by atoms with E-state index in [0.29, 0.717) is 38.5 Å². The van der Waals surface area contributed by atoms with Crippen LogP contribution in [0.3, 0.4) is 0 Å². The molecule has 0 aromatic heterocycles. The number of ether oxygens (including phenoxy) is 3. The number of methoxy groups -OCH3 is 3. The SMILES string of the molecule is COc1ccc(/C=C(/Br)C(=O)c2ccc(N(C)C)c(N)c2)c(OC)c1OC. The first-order valence-corrected chi connectivity index (χ1v) is 8.91. The Bertz CT molecular complexity index is 879. The zero-order valence-electron chi connectivity index (χ0n) is 16.0. The van der Waals surface area contributed by atoms with Crippen LogP contribution in [-0.4, -0.2) is 41.2 Å². The third kappa shape index (κ3) is 4.36. The summed E-state index contributed by atoms with van der Waals surface area (Å²) in [5.41, 5.74) is 8.60. The quantitative estimate of drug-likeness (QED) is 0.403. The Morgan fingerprint density at radius 3 is 2.22 bits per heavy atom. The molecule has 0 saturated carbocycles. The molecule has 0 atom stereocenters. The highest BCUT2D eigenvalue weighted by atomic mass is 79.9. The van der Waals surface area contributed by atoms with Crippen molar-refractivity contribution in [2.24, 2.45) is 0 Å². The lowest BCUT2D eigenvalue weighted by molar-refractivity contribution is 0.104. The molecule has 2 aromatic carbocycles. The number of allylic oxidation sites excluding steroid dienone is 1. The number of rotatable bonds is 7. The average Bonchev–Trinajstić information content (AvgIpc) is 2.66. The summed E-state index contributed by atoms with van der Waals surface area (Å²) in [4.78, 5) is 14.7. The maximum absolute atomic E-state index is 12.8. The summed E-state index contributed by atoms with van der Waals surface area (Å²) < 4.78 is 16.5. The molecule has 0 spiro atoms. The van der Waals surface area contributed by atoms with Crippen LogP contribution in [0.25, 0.3) is 6.08 Å². The molecule has 0 aliphatic heterocycles. The van der Waals surface area contributed by atoms with E-state index in [1.807, 2.05) is 25.1 Å². The lowest BCUT2D eigenvalue weighted by Crippen LogP contribution is -2.12. The number of Topliss-reactive ketones (excluding diaryl/α,β-unsaturated/α-hetero) is 1. The molecular weight excluding hydrogens is 412 g/mol. The number of hydrogen-bond acceptors (Lipinski definition) is 6. The molecule has 0 bridgehead atoms. The average molecular weight is 435 g/mol. The van der Waals surface area contributed by atoms with Gasteiger partial charge in [0.05, 0.1) is 37.2 Å². The Labute approximate surface area is 167 Å². The first-order valence-electron chi connectivity index (χ1n) is 8.11. The maximum Gasteiger partial charge on any atom is 0.203 e. The number of carbonyl (C=O) groups is 1. The van der Waals surface area contributed by atoms with E-state index in [1.165, 1.54) is 14.2 Å². The number of nitrogen functional groups attached to an aromatic ring is 1. The summed E-state index contributed by atoms with van der Waals surface area (Å²) in [6, 6.07) is 8.77. The smallest absolute Gasteiger partial charge is 0.203 e. The number of carbonyl (C=O) groups excluding carboxylic acids is 1. The van der Waals surface area contributed by atoms with Crippen LogP contribution in [0.15, 0.2) is 34.8 Å². The first kappa shape index (κ1) is 20.6. The lowest BCUT2D eigenvalue weighted by Gasteiger charge is -2.16. The normalized spacial score (nSPS) is 11.1. The van der Waals surface area contributed by atoms with E-state index in [2.05, 4.69) is 15.9 Å². The number of anilines is 2. The van der Waals surface area contributed by atoms with Gasteiger partial charge in [-0.1, -0.05) is 0 Å². The topological polar surface area (TPSA) is 74.0 Å². The van der Waals surface area contributed by atoms with Crippen molar-refractivity contribution in [2.75, 3.05) is 46.1 Å². The Hall–Kier alpha value is -2.67. The fourth-order valence-corrected chi connectivity index (χ4v) is 3.16. The molecule has 0 aliphatic rings. The number of halogens is 1. The van der Waals surface area contributed by atoms with Gasteiger partial charge < -0.3 is 24.8 Å². The number of nitrogens with zero attached hydrogens (tertiary/aromatic N) is 1. The number of nitrogens with two attached hydrogens (primary N) is 1. The first-order chi connectivity index (χ1) is 12.8. The van der Waals surface area contributed by atoms with Gasteiger partial charge in [0.2, 0.25) is 5.75 Å². The van der Waals surface area contributed by atoms with Crippen LogP contribution in [0, 0.1) is 0 Å². The van der Waals surface area contributed by atoms with Crippen molar-refractivity contribution in [1.82, 2.24) is 0 Å². The standard InChI is InChI=1S/C20H23BrN2O4/c1-23(2)16-8-6-12(11-15(16)22)18(24)14(21)10-13-7-9-17(25-3)20(27-5)19(13)26-4/h6-11H,22H2,1-5H3/b14-10+. The summed E-state index contributed by atoms with van der Waals surface area (Å²) in [5, 5.41) is 0. The van der Waals surface area contributed by atoms with E-state index in [4.69, 9.17) is 19.9 Å². The molecule has 0 aliphatic carbocycles. The monoisotopic (exact) mass is 434 g/mol. The summed E-state index contributed by atoms with van der Waals surface area (Å²) in [7, 11) is 8.40. The van der Waals surface area contributed by atoms with Crippen molar-refractivity contribution < 1.29 is 19.0 Å². The molecule has 27 heavy (non-hydrogen) atoms. The summed E-state index contributed by atoms with van der Waals surface area (Å²) in [6.45, 7) is 0. The van der Waals surface area contributed by atoms with E-state index in [0.717, 1.165) is 5.69 Å². The van der Waals surface area contributed by atoms with E-state index in [9.17, 15) is 4.79 Å². The van der Waals surface area contributed by atoms with Crippen molar-refractivity contribution in [3.05, 3.63) is 45.9 Å². The molecule has 144 valence electrons. The zero-order chi connectivity index (χ0) is 20.1. The van der Waals surface area contributed by atoms with E-state index in [-0.39, 0.29) is 5.78 Å². The fourth-order valence-electron chi connectivity index (χ4n) is 2.68. The van der Waals surface area contributed by atoms with Crippen LogP contribution in [0.2, 0.25) is 0 Å². The van der Waals surface area contributed by atoms with Crippen molar-refractivity contribution in [3.63, 3.8) is 0 Å². The zero-order valence-corrected chi connectivity index (χ0v) is 17.6. The van der Waals surface area contributed by atoms with Crippen LogP contribution in [0.1, 0.15) is 15.9 Å². The maximum atomic E-state index is 12.8. The second-order valence-electron chi connectivity index (χ2n) is 5.91. The van der Waals surface area contributed by atoms with Gasteiger partial charge in [0.1, 0.15) is 0 Å². The molecule has 2 rings (SSSR count). The molecule has 0 radical (unpaired) electrons. The molecule has 7 heteroatoms. The van der Waals surface area contributed by atoms with Crippen LogP contribution in [-0.2, 0) is 0 Å². The van der Waals surface area contributed by atoms with Crippen LogP contribution in [0.5, 0.6) is 17.2 Å². The van der Waals surface area contributed by atoms with Gasteiger partial charge in [0.15, 0.2) is 17.3 Å². The minimum Gasteiger partial charge on any atom is -0.493 e. The Balaban J connectivity index is 2.42. The van der Waals surface area contributed by atoms with Gasteiger partial charge in [-0.3, -0.25) is 4.79 Å².